The minimum absolute atomic E-state index is 0.341. The summed E-state index contributed by atoms with van der Waals surface area (Å²) in [6, 6.07) is 3.40. The lowest BCUT2D eigenvalue weighted by Crippen LogP contribution is -2.44. The summed E-state index contributed by atoms with van der Waals surface area (Å²) in [5.41, 5.74) is -0.427. The van der Waals surface area contributed by atoms with Gasteiger partial charge in [-0.3, -0.25) is 9.59 Å². The molecule has 7 heteroatoms. The van der Waals surface area contributed by atoms with Crippen LogP contribution >= 0.6 is 0 Å². The number of nitrogens with one attached hydrogen (secondary N) is 2. The van der Waals surface area contributed by atoms with Gasteiger partial charge in [0.25, 0.3) is 0 Å². The Morgan fingerprint density at radius 3 is 2.29 bits per heavy atom. The molecule has 0 fully saturated rings. The molecule has 1 aromatic rings. The van der Waals surface area contributed by atoms with Crippen LogP contribution < -0.4 is 10.6 Å². The van der Waals surface area contributed by atoms with Gasteiger partial charge in [0.2, 0.25) is 11.8 Å². The topological polar surface area (TPSA) is 58.2 Å². The van der Waals surface area contributed by atoms with Crippen LogP contribution in [0.5, 0.6) is 0 Å². The van der Waals surface area contributed by atoms with Gasteiger partial charge >= 0.3 is 6.18 Å². The van der Waals surface area contributed by atoms with E-state index in [0.717, 1.165) is 12.1 Å². The summed E-state index contributed by atoms with van der Waals surface area (Å²) in [4.78, 5) is 22.6. The molecule has 0 bridgehead atoms. The van der Waals surface area contributed by atoms with Gasteiger partial charge in [0.05, 0.1) is 11.6 Å². The first kappa shape index (κ1) is 17.0. The zero-order valence-corrected chi connectivity index (χ0v) is 11.9. The molecular formula is C14H17F3N2O2. The van der Waals surface area contributed by atoms with Crippen molar-refractivity contribution in [1.82, 2.24) is 10.6 Å². The van der Waals surface area contributed by atoms with Gasteiger partial charge in [0.1, 0.15) is 6.04 Å². The Morgan fingerprint density at radius 2 is 1.76 bits per heavy atom. The predicted octanol–water partition coefficient (Wildman–Crippen LogP) is 2.41. The van der Waals surface area contributed by atoms with E-state index in [9.17, 15) is 22.8 Å². The van der Waals surface area contributed by atoms with Gasteiger partial charge in [0.15, 0.2) is 0 Å². The van der Waals surface area contributed by atoms with Gasteiger partial charge in [-0.1, -0.05) is 12.1 Å². The average molecular weight is 302 g/mol. The third-order valence-corrected chi connectivity index (χ3v) is 2.89. The second-order valence-corrected chi connectivity index (χ2v) is 4.78. The molecular weight excluding hydrogens is 285 g/mol. The molecule has 21 heavy (non-hydrogen) atoms. The van der Waals surface area contributed by atoms with E-state index in [0.29, 0.717) is 5.56 Å². The lowest BCUT2D eigenvalue weighted by atomic mass is 10.0. The molecule has 0 aliphatic heterocycles. The van der Waals surface area contributed by atoms with Crippen molar-refractivity contribution < 1.29 is 22.8 Å². The normalized spacial score (nSPS) is 14.2. The number of carbonyl (C=O) groups excluding carboxylic acids is 2. The first-order valence-electron chi connectivity index (χ1n) is 6.36. The summed E-state index contributed by atoms with van der Waals surface area (Å²) >= 11 is 0. The van der Waals surface area contributed by atoms with Crippen LogP contribution in [-0.4, -0.2) is 17.9 Å². The molecule has 2 atom stereocenters. The van der Waals surface area contributed by atoms with Gasteiger partial charge in [-0.2, -0.15) is 13.2 Å². The number of hydrogen-bond acceptors (Lipinski definition) is 2. The minimum Gasteiger partial charge on any atom is -0.348 e. The number of benzene rings is 1. The van der Waals surface area contributed by atoms with Crippen molar-refractivity contribution in [2.75, 3.05) is 0 Å². The molecule has 1 rings (SSSR count). The fraction of sp³-hybridized carbons (Fsp3) is 0.429. The Kier molecular flexibility index (Phi) is 5.34. The third-order valence-electron chi connectivity index (χ3n) is 2.89. The summed E-state index contributed by atoms with van der Waals surface area (Å²) < 4.78 is 37.9. The highest BCUT2D eigenvalue weighted by Gasteiger charge is 2.30. The third kappa shape index (κ3) is 5.09. The zero-order valence-electron chi connectivity index (χ0n) is 11.9. The number of halogens is 3. The van der Waals surface area contributed by atoms with Crippen molar-refractivity contribution in [3.63, 3.8) is 0 Å². The van der Waals surface area contributed by atoms with Crippen molar-refractivity contribution in [3.05, 3.63) is 35.4 Å². The molecule has 0 aliphatic rings. The highest BCUT2D eigenvalue weighted by molar-refractivity contribution is 5.86. The number of carbonyl (C=O) groups is 2. The molecule has 0 saturated heterocycles. The van der Waals surface area contributed by atoms with Crippen LogP contribution in [0, 0.1) is 0 Å². The van der Waals surface area contributed by atoms with Gasteiger partial charge < -0.3 is 10.6 Å². The zero-order chi connectivity index (χ0) is 16.2. The summed E-state index contributed by atoms with van der Waals surface area (Å²) in [6.45, 7) is 4.35. The molecule has 2 unspecified atom stereocenters. The number of rotatable bonds is 4. The quantitative estimate of drug-likeness (QED) is 0.897. The van der Waals surface area contributed by atoms with Gasteiger partial charge in [-0.15, -0.1) is 0 Å². The number of alkyl halides is 3. The van der Waals surface area contributed by atoms with Crippen molar-refractivity contribution in [2.24, 2.45) is 0 Å². The summed E-state index contributed by atoms with van der Waals surface area (Å²) in [5.74, 6) is -0.820. The molecule has 2 amide bonds. The maximum atomic E-state index is 12.6. The highest BCUT2D eigenvalue weighted by atomic mass is 19.4. The molecule has 0 spiro atoms. The van der Waals surface area contributed by atoms with Crippen LogP contribution in [0.15, 0.2) is 24.3 Å². The Balaban J connectivity index is 2.78. The van der Waals surface area contributed by atoms with Gasteiger partial charge in [-0.25, -0.2) is 0 Å². The second kappa shape index (κ2) is 6.60. The monoisotopic (exact) mass is 302 g/mol. The Hall–Kier alpha value is -2.05. The Labute approximate surface area is 120 Å². The lowest BCUT2D eigenvalue weighted by molar-refractivity contribution is -0.137. The average Bonchev–Trinajstić information content (AvgIpc) is 2.37. The maximum Gasteiger partial charge on any atom is 0.416 e. The predicted molar refractivity (Wildman–Crippen MR) is 71.3 cm³/mol. The standard InChI is InChI=1S/C14H17F3N2O2/c1-8(19-13(21)9(2)18-10(3)20)11-5-4-6-12(7-11)14(15,16)17/h4-9H,1-3H3,(H,18,20)(H,19,21). The molecule has 0 radical (unpaired) electrons. The number of amides is 2. The minimum atomic E-state index is -4.43. The van der Waals surface area contributed by atoms with Crippen LogP contribution in [-0.2, 0) is 15.8 Å². The smallest absolute Gasteiger partial charge is 0.348 e. The maximum absolute atomic E-state index is 12.6. The van der Waals surface area contributed by atoms with E-state index in [1.165, 1.54) is 26.0 Å². The van der Waals surface area contributed by atoms with Crippen molar-refractivity contribution in [3.8, 4) is 0 Å². The molecule has 4 nitrogen and oxygen atoms in total. The first-order chi connectivity index (χ1) is 9.61. The molecule has 116 valence electrons. The Morgan fingerprint density at radius 1 is 1.14 bits per heavy atom. The van der Waals surface area contributed by atoms with E-state index in [2.05, 4.69) is 10.6 Å². The van der Waals surface area contributed by atoms with Crippen molar-refractivity contribution in [2.45, 2.75) is 39.0 Å². The van der Waals surface area contributed by atoms with E-state index < -0.39 is 29.7 Å². The summed E-state index contributed by atoms with van der Waals surface area (Å²) in [5, 5.41) is 4.96. The first-order valence-corrected chi connectivity index (χ1v) is 6.36. The largest absolute Gasteiger partial charge is 0.416 e. The molecule has 0 saturated carbocycles. The lowest BCUT2D eigenvalue weighted by Gasteiger charge is -2.19. The van der Waals surface area contributed by atoms with E-state index in [-0.39, 0.29) is 5.91 Å². The van der Waals surface area contributed by atoms with Crippen LogP contribution in [0.1, 0.15) is 37.9 Å². The molecule has 0 aliphatic carbocycles. The van der Waals surface area contributed by atoms with Gasteiger partial charge in [0, 0.05) is 6.92 Å². The summed E-state index contributed by atoms with van der Waals surface area (Å²) in [6.07, 6.45) is -4.43. The fourth-order valence-electron chi connectivity index (χ4n) is 1.78. The van der Waals surface area contributed by atoms with E-state index >= 15 is 0 Å². The fourth-order valence-corrected chi connectivity index (χ4v) is 1.78. The van der Waals surface area contributed by atoms with Crippen LogP contribution in [0.4, 0.5) is 13.2 Å². The molecule has 0 heterocycles. The Bertz CT molecular complexity index is 529. The van der Waals surface area contributed by atoms with E-state index in [1.807, 2.05) is 0 Å². The number of hydrogen-bond donors (Lipinski definition) is 2. The van der Waals surface area contributed by atoms with Crippen LogP contribution in [0.25, 0.3) is 0 Å². The van der Waals surface area contributed by atoms with Crippen LogP contribution in [0.3, 0.4) is 0 Å². The van der Waals surface area contributed by atoms with Gasteiger partial charge in [-0.05, 0) is 31.5 Å². The SMILES string of the molecule is CC(=O)NC(C)C(=O)NC(C)c1cccc(C(F)(F)F)c1. The van der Waals surface area contributed by atoms with Crippen LogP contribution in [0.2, 0.25) is 0 Å². The summed E-state index contributed by atoms with van der Waals surface area (Å²) in [7, 11) is 0. The molecule has 0 aromatic heterocycles. The van der Waals surface area contributed by atoms with Crippen molar-refractivity contribution in [1.29, 1.82) is 0 Å². The van der Waals surface area contributed by atoms with E-state index in [1.54, 1.807) is 6.92 Å². The van der Waals surface area contributed by atoms with E-state index in [4.69, 9.17) is 0 Å². The molecule has 1 aromatic carbocycles. The second-order valence-electron chi connectivity index (χ2n) is 4.78. The highest BCUT2D eigenvalue weighted by Crippen LogP contribution is 2.30. The van der Waals surface area contributed by atoms with Crippen molar-refractivity contribution >= 4 is 11.8 Å². The molecule has 2 N–H and O–H groups in total.